The van der Waals surface area contributed by atoms with Gasteiger partial charge in [0.1, 0.15) is 18.9 Å². The molecule has 1 unspecified atom stereocenters. The molecule has 1 aromatic rings. The Balaban J connectivity index is 2.02. The number of hydrogen-bond donors (Lipinski definition) is 2. The number of nitrogens with zero attached hydrogens (tertiary/aromatic N) is 4. The first-order valence-corrected chi connectivity index (χ1v) is 5.30. The van der Waals surface area contributed by atoms with Gasteiger partial charge in [-0.2, -0.15) is 0 Å². The number of carbonyl (C=O) groups excluding carboxylic acids is 2. The molecule has 8 nitrogen and oxygen atoms in total. The Morgan fingerprint density at radius 2 is 2.47 bits per heavy atom. The van der Waals surface area contributed by atoms with Gasteiger partial charge in [-0.25, -0.2) is 9.67 Å². The number of carbonyl (C=O) groups is 2. The average molecular weight is 238 g/mol. The van der Waals surface area contributed by atoms with Gasteiger partial charge in [0.25, 0.3) is 0 Å². The van der Waals surface area contributed by atoms with E-state index >= 15 is 0 Å². The Kier molecular flexibility index (Phi) is 2.94. The molecule has 0 aliphatic carbocycles. The third-order valence-electron chi connectivity index (χ3n) is 2.67. The molecule has 1 saturated heterocycles. The molecule has 0 spiro atoms. The molecule has 17 heavy (non-hydrogen) atoms. The first-order valence-electron chi connectivity index (χ1n) is 5.30. The summed E-state index contributed by atoms with van der Waals surface area (Å²) in [4.78, 5) is 28.6. The maximum atomic E-state index is 11.9. The maximum Gasteiger partial charge on any atom is 0.245 e. The molecule has 1 fully saturated rings. The predicted molar refractivity (Wildman–Crippen MR) is 58.6 cm³/mol. The molecule has 0 bridgehead atoms. The number of piperazine rings is 1. The number of aromatic nitrogens is 3. The van der Waals surface area contributed by atoms with E-state index in [2.05, 4.69) is 15.4 Å². The van der Waals surface area contributed by atoms with Gasteiger partial charge in [-0.15, -0.1) is 5.10 Å². The standard InChI is InChI=1S/C9H14N6O2/c1-6-8(17)11-2-3-15(6)7(16)4-14-5-12-9(10)13-14/h5-6H,2-4H2,1H3,(H2,10,13)(H,11,17). The fourth-order valence-corrected chi connectivity index (χ4v) is 1.74. The molecule has 2 rings (SSSR count). The summed E-state index contributed by atoms with van der Waals surface area (Å²) in [5, 5.41) is 6.52. The summed E-state index contributed by atoms with van der Waals surface area (Å²) >= 11 is 0. The van der Waals surface area contributed by atoms with Crippen molar-refractivity contribution in [3.63, 3.8) is 0 Å². The molecule has 0 radical (unpaired) electrons. The number of nitrogen functional groups attached to an aromatic ring is 1. The molecular formula is C9H14N6O2. The third kappa shape index (κ3) is 2.35. The summed E-state index contributed by atoms with van der Waals surface area (Å²) in [6, 6.07) is -0.447. The third-order valence-corrected chi connectivity index (χ3v) is 2.67. The zero-order chi connectivity index (χ0) is 12.4. The van der Waals surface area contributed by atoms with E-state index in [-0.39, 0.29) is 24.3 Å². The van der Waals surface area contributed by atoms with Crippen molar-refractivity contribution in [1.29, 1.82) is 0 Å². The van der Waals surface area contributed by atoms with Crippen molar-refractivity contribution in [3.05, 3.63) is 6.33 Å². The van der Waals surface area contributed by atoms with Crippen LogP contribution in [-0.2, 0) is 16.1 Å². The minimum absolute atomic E-state index is 0.0435. The first kappa shape index (κ1) is 11.4. The number of nitrogens with one attached hydrogen (secondary N) is 1. The molecule has 1 atom stereocenters. The predicted octanol–water partition coefficient (Wildman–Crippen LogP) is -1.79. The fraction of sp³-hybridized carbons (Fsp3) is 0.556. The van der Waals surface area contributed by atoms with Crippen molar-refractivity contribution in [2.45, 2.75) is 19.5 Å². The summed E-state index contributed by atoms with van der Waals surface area (Å²) in [7, 11) is 0. The zero-order valence-electron chi connectivity index (χ0n) is 9.46. The number of hydrogen-bond acceptors (Lipinski definition) is 5. The average Bonchev–Trinajstić information content (AvgIpc) is 2.68. The Bertz CT molecular complexity index is 442. The Morgan fingerprint density at radius 3 is 3.12 bits per heavy atom. The smallest absolute Gasteiger partial charge is 0.245 e. The van der Waals surface area contributed by atoms with Crippen LogP contribution in [0.25, 0.3) is 0 Å². The molecular weight excluding hydrogens is 224 g/mol. The maximum absolute atomic E-state index is 11.9. The highest BCUT2D eigenvalue weighted by Crippen LogP contribution is 2.05. The number of anilines is 1. The van der Waals surface area contributed by atoms with Crippen LogP contribution in [-0.4, -0.2) is 50.6 Å². The Morgan fingerprint density at radius 1 is 1.71 bits per heavy atom. The first-order chi connectivity index (χ1) is 8.08. The SMILES string of the molecule is CC1C(=O)NCCN1C(=O)Cn1cnc(N)n1. The largest absolute Gasteiger partial charge is 0.367 e. The van der Waals surface area contributed by atoms with Crippen LogP contribution in [0.15, 0.2) is 6.33 Å². The zero-order valence-corrected chi connectivity index (χ0v) is 9.46. The van der Waals surface area contributed by atoms with Gasteiger partial charge in [0.05, 0.1) is 0 Å². The van der Waals surface area contributed by atoms with E-state index in [1.54, 1.807) is 6.92 Å². The van der Waals surface area contributed by atoms with Crippen LogP contribution in [0.1, 0.15) is 6.92 Å². The van der Waals surface area contributed by atoms with Crippen LogP contribution in [0.3, 0.4) is 0 Å². The summed E-state index contributed by atoms with van der Waals surface area (Å²) in [5.74, 6) is -0.179. The molecule has 8 heteroatoms. The topological polar surface area (TPSA) is 106 Å². The lowest BCUT2D eigenvalue weighted by Crippen LogP contribution is -2.56. The number of rotatable bonds is 2. The summed E-state index contributed by atoms with van der Waals surface area (Å²) in [6.45, 7) is 2.73. The van der Waals surface area contributed by atoms with Gasteiger partial charge in [-0.1, -0.05) is 0 Å². The highest BCUT2D eigenvalue weighted by atomic mass is 16.2. The number of amides is 2. The quantitative estimate of drug-likeness (QED) is 0.632. The van der Waals surface area contributed by atoms with Crippen LogP contribution in [0.5, 0.6) is 0 Å². The molecule has 1 aliphatic heterocycles. The van der Waals surface area contributed by atoms with E-state index in [0.29, 0.717) is 13.1 Å². The van der Waals surface area contributed by atoms with Gasteiger partial charge in [-0.3, -0.25) is 9.59 Å². The van der Waals surface area contributed by atoms with Gasteiger partial charge >= 0.3 is 0 Å². The molecule has 0 saturated carbocycles. The van der Waals surface area contributed by atoms with Crippen molar-refractivity contribution < 1.29 is 9.59 Å². The van der Waals surface area contributed by atoms with E-state index in [1.165, 1.54) is 15.9 Å². The lowest BCUT2D eigenvalue weighted by atomic mass is 10.2. The van der Waals surface area contributed by atoms with Crippen LogP contribution in [0, 0.1) is 0 Å². The van der Waals surface area contributed by atoms with E-state index < -0.39 is 6.04 Å². The van der Waals surface area contributed by atoms with Crippen molar-refractivity contribution in [3.8, 4) is 0 Å². The van der Waals surface area contributed by atoms with E-state index in [0.717, 1.165) is 0 Å². The summed E-state index contributed by atoms with van der Waals surface area (Å²) in [6.07, 6.45) is 1.39. The lowest BCUT2D eigenvalue weighted by molar-refractivity contribution is -0.143. The molecule has 1 aromatic heterocycles. The van der Waals surface area contributed by atoms with Crippen molar-refractivity contribution >= 4 is 17.8 Å². The molecule has 2 heterocycles. The minimum Gasteiger partial charge on any atom is -0.367 e. The second-order valence-corrected chi connectivity index (χ2v) is 3.85. The lowest BCUT2D eigenvalue weighted by Gasteiger charge is -2.32. The highest BCUT2D eigenvalue weighted by Gasteiger charge is 2.29. The van der Waals surface area contributed by atoms with Crippen molar-refractivity contribution in [2.24, 2.45) is 0 Å². The minimum atomic E-state index is -0.447. The van der Waals surface area contributed by atoms with Crippen LogP contribution in [0.2, 0.25) is 0 Å². The van der Waals surface area contributed by atoms with E-state index in [9.17, 15) is 9.59 Å². The second kappa shape index (κ2) is 4.40. The Labute approximate surface area is 97.8 Å². The molecule has 2 amide bonds. The van der Waals surface area contributed by atoms with Crippen LogP contribution in [0.4, 0.5) is 5.95 Å². The van der Waals surface area contributed by atoms with E-state index in [4.69, 9.17) is 5.73 Å². The van der Waals surface area contributed by atoms with Crippen molar-refractivity contribution in [1.82, 2.24) is 25.0 Å². The monoisotopic (exact) mass is 238 g/mol. The molecule has 1 aliphatic rings. The van der Waals surface area contributed by atoms with E-state index in [1.807, 2.05) is 0 Å². The van der Waals surface area contributed by atoms with Crippen LogP contribution < -0.4 is 11.1 Å². The fourth-order valence-electron chi connectivity index (χ4n) is 1.74. The van der Waals surface area contributed by atoms with Gasteiger partial charge in [-0.05, 0) is 6.92 Å². The number of nitrogens with two attached hydrogens (primary N) is 1. The highest BCUT2D eigenvalue weighted by molar-refractivity contribution is 5.88. The molecule has 92 valence electrons. The summed E-state index contributed by atoms with van der Waals surface area (Å²) < 4.78 is 1.36. The normalized spacial score (nSPS) is 20.2. The van der Waals surface area contributed by atoms with Gasteiger partial charge < -0.3 is 16.0 Å². The molecule has 3 N–H and O–H groups in total. The Hall–Kier alpha value is -2.12. The van der Waals surface area contributed by atoms with Crippen molar-refractivity contribution in [2.75, 3.05) is 18.8 Å². The molecule has 0 aromatic carbocycles. The second-order valence-electron chi connectivity index (χ2n) is 3.85. The van der Waals surface area contributed by atoms with Gasteiger partial charge in [0.2, 0.25) is 17.8 Å². The summed E-state index contributed by atoms with van der Waals surface area (Å²) in [5.41, 5.74) is 5.35. The van der Waals surface area contributed by atoms with Crippen LogP contribution >= 0.6 is 0 Å². The van der Waals surface area contributed by atoms with Gasteiger partial charge in [0.15, 0.2) is 0 Å². The van der Waals surface area contributed by atoms with Gasteiger partial charge in [0, 0.05) is 13.1 Å².